The van der Waals surface area contributed by atoms with Gasteiger partial charge >= 0.3 is 0 Å². The van der Waals surface area contributed by atoms with Crippen LogP contribution in [0.15, 0.2) is 0 Å². The van der Waals surface area contributed by atoms with Gasteiger partial charge in [0, 0.05) is 0 Å². The van der Waals surface area contributed by atoms with Crippen molar-refractivity contribution in [2.45, 2.75) is 18.0 Å². The van der Waals surface area contributed by atoms with Crippen LogP contribution >= 0.6 is 0 Å². The summed E-state index contributed by atoms with van der Waals surface area (Å²) < 4.78 is 0. The average molecular weight is 194 g/mol. The number of amides is 2. The molecule has 0 aliphatic carbocycles. The predicted octanol–water partition coefficient (Wildman–Crippen LogP) is -2.14. The van der Waals surface area contributed by atoms with Crippen LogP contribution in [0.2, 0.25) is 0 Å². The fourth-order valence-electron chi connectivity index (χ4n) is 1.94. The van der Waals surface area contributed by atoms with Gasteiger partial charge in [0.25, 0.3) is 0 Å². The number of nitriles is 1. The van der Waals surface area contributed by atoms with Crippen molar-refractivity contribution >= 4 is 11.8 Å². The highest BCUT2D eigenvalue weighted by atomic mass is 16.2. The molecule has 0 saturated carbocycles. The first-order valence-electron chi connectivity index (χ1n) is 4.41. The molecule has 74 valence electrons. The molecule has 0 aromatic heterocycles. The third-order valence-corrected chi connectivity index (χ3v) is 2.67. The molecule has 1 spiro atoms. The van der Waals surface area contributed by atoms with Crippen molar-refractivity contribution in [3.63, 3.8) is 0 Å². The minimum atomic E-state index is -1.05. The maximum Gasteiger partial charge on any atom is 0.249 e. The Balaban J connectivity index is 2.32. The highest BCUT2D eigenvalue weighted by Gasteiger charge is 2.52. The van der Waals surface area contributed by atoms with E-state index >= 15 is 0 Å². The van der Waals surface area contributed by atoms with E-state index in [0.717, 1.165) is 0 Å². The number of carbonyl (C=O) groups is 2. The van der Waals surface area contributed by atoms with Crippen LogP contribution in [0.3, 0.4) is 0 Å². The van der Waals surface area contributed by atoms with Gasteiger partial charge in [0.1, 0.15) is 11.6 Å². The summed E-state index contributed by atoms with van der Waals surface area (Å²) in [7, 11) is 0. The maximum atomic E-state index is 11.6. The quantitative estimate of drug-likeness (QED) is 0.410. The lowest BCUT2D eigenvalue weighted by atomic mass is 9.88. The summed E-state index contributed by atoms with van der Waals surface area (Å²) in [4.78, 5) is 22.8. The predicted molar refractivity (Wildman–Crippen MR) is 45.9 cm³/mol. The Labute approximate surface area is 80.6 Å². The van der Waals surface area contributed by atoms with E-state index < -0.39 is 11.6 Å². The number of nitrogens with one attached hydrogen (secondary N) is 3. The van der Waals surface area contributed by atoms with Crippen LogP contribution in [-0.2, 0) is 9.59 Å². The monoisotopic (exact) mass is 194 g/mol. The molecule has 6 nitrogen and oxygen atoms in total. The zero-order chi connectivity index (χ0) is 10.2. The summed E-state index contributed by atoms with van der Waals surface area (Å²) in [6.45, 7) is 0.560. The molecule has 2 unspecified atom stereocenters. The first kappa shape index (κ1) is 8.97. The summed E-state index contributed by atoms with van der Waals surface area (Å²) in [5.41, 5.74) is -1.05. The Morgan fingerprint density at radius 2 is 2.29 bits per heavy atom. The Hall–Kier alpha value is -1.61. The van der Waals surface area contributed by atoms with Gasteiger partial charge in [-0.3, -0.25) is 14.9 Å². The third-order valence-electron chi connectivity index (χ3n) is 2.67. The zero-order valence-corrected chi connectivity index (χ0v) is 7.46. The molecule has 2 heterocycles. The van der Waals surface area contributed by atoms with Crippen LogP contribution in [0.5, 0.6) is 0 Å². The van der Waals surface area contributed by atoms with E-state index in [0.29, 0.717) is 13.0 Å². The lowest BCUT2D eigenvalue weighted by Gasteiger charge is -2.34. The van der Waals surface area contributed by atoms with E-state index in [4.69, 9.17) is 5.26 Å². The fourth-order valence-corrected chi connectivity index (χ4v) is 1.94. The van der Waals surface area contributed by atoms with E-state index in [1.807, 2.05) is 6.07 Å². The molecule has 2 atom stereocenters. The van der Waals surface area contributed by atoms with Crippen molar-refractivity contribution in [2.24, 2.45) is 0 Å². The van der Waals surface area contributed by atoms with E-state index in [1.165, 1.54) is 0 Å². The van der Waals surface area contributed by atoms with Gasteiger partial charge in [-0.1, -0.05) is 0 Å². The van der Waals surface area contributed by atoms with Crippen molar-refractivity contribution in [1.29, 1.82) is 5.26 Å². The van der Waals surface area contributed by atoms with E-state index in [-0.39, 0.29) is 18.4 Å². The molecular formula is C8H10N4O2. The van der Waals surface area contributed by atoms with Gasteiger partial charge in [-0.2, -0.15) is 5.26 Å². The number of carbonyl (C=O) groups excluding carboxylic acids is 2. The third kappa shape index (κ3) is 1.06. The standard InChI is InChI=1S/C8H10N4O2/c9-3-5-8(1-2-10-5)7(14)11-4-6(13)12-8/h5,10H,1-2,4H2,(H,11,14)(H,12,13). The first-order valence-corrected chi connectivity index (χ1v) is 4.41. The molecule has 0 bridgehead atoms. The second-order valence-electron chi connectivity index (χ2n) is 3.47. The number of nitrogens with zero attached hydrogens (tertiary/aromatic N) is 1. The summed E-state index contributed by atoms with van der Waals surface area (Å²) in [5, 5.41) is 16.8. The first-order chi connectivity index (χ1) is 6.69. The van der Waals surface area contributed by atoms with Gasteiger partial charge in [0.2, 0.25) is 11.8 Å². The molecule has 0 aromatic carbocycles. The number of hydrogen-bond donors (Lipinski definition) is 3. The molecule has 2 aliphatic rings. The minimum Gasteiger partial charge on any atom is -0.345 e. The summed E-state index contributed by atoms with van der Waals surface area (Å²) >= 11 is 0. The van der Waals surface area contributed by atoms with Crippen LogP contribution in [-0.4, -0.2) is 36.5 Å². The van der Waals surface area contributed by atoms with Crippen LogP contribution in [0.25, 0.3) is 0 Å². The molecule has 2 aliphatic heterocycles. The second-order valence-corrected chi connectivity index (χ2v) is 3.47. The topological polar surface area (TPSA) is 94.0 Å². The Kier molecular flexibility index (Phi) is 1.89. The molecule has 6 heteroatoms. The van der Waals surface area contributed by atoms with E-state index in [2.05, 4.69) is 16.0 Å². The molecule has 0 aromatic rings. The van der Waals surface area contributed by atoms with Crippen LogP contribution in [0, 0.1) is 11.3 Å². The van der Waals surface area contributed by atoms with Gasteiger partial charge in [0.15, 0.2) is 0 Å². The number of piperazine rings is 1. The summed E-state index contributed by atoms with van der Waals surface area (Å²) in [6.07, 6.45) is 0.461. The van der Waals surface area contributed by atoms with Gasteiger partial charge < -0.3 is 10.6 Å². The van der Waals surface area contributed by atoms with E-state index in [1.54, 1.807) is 0 Å². The van der Waals surface area contributed by atoms with Crippen molar-refractivity contribution in [3.05, 3.63) is 0 Å². The lowest BCUT2D eigenvalue weighted by Crippen LogP contribution is -2.69. The zero-order valence-electron chi connectivity index (χ0n) is 7.46. The van der Waals surface area contributed by atoms with Gasteiger partial charge in [-0.05, 0) is 13.0 Å². The van der Waals surface area contributed by atoms with Gasteiger partial charge in [0.05, 0.1) is 12.6 Å². The highest BCUT2D eigenvalue weighted by Crippen LogP contribution is 2.23. The number of rotatable bonds is 0. The fraction of sp³-hybridized carbons (Fsp3) is 0.625. The van der Waals surface area contributed by atoms with Crippen LogP contribution < -0.4 is 16.0 Å². The highest BCUT2D eigenvalue weighted by molar-refractivity contribution is 5.99. The normalized spacial score (nSPS) is 36.4. The molecule has 2 saturated heterocycles. The maximum absolute atomic E-state index is 11.6. The minimum absolute atomic E-state index is 0.00126. The van der Waals surface area contributed by atoms with Crippen LogP contribution in [0.1, 0.15) is 6.42 Å². The van der Waals surface area contributed by atoms with Crippen molar-refractivity contribution in [3.8, 4) is 6.07 Å². The van der Waals surface area contributed by atoms with Crippen molar-refractivity contribution in [1.82, 2.24) is 16.0 Å². The molecule has 0 radical (unpaired) electrons. The molecule has 2 rings (SSSR count). The second kappa shape index (κ2) is 2.96. The van der Waals surface area contributed by atoms with Gasteiger partial charge in [-0.15, -0.1) is 0 Å². The molecule has 2 amide bonds. The van der Waals surface area contributed by atoms with Crippen molar-refractivity contribution in [2.75, 3.05) is 13.1 Å². The van der Waals surface area contributed by atoms with Crippen LogP contribution in [0.4, 0.5) is 0 Å². The Morgan fingerprint density at radius 3 is 3.00 bits per heavy atom. The average Bonchev–Trinajstić information content (AvgIpc) is 2.56. The number of hydrogen-bond acceptors (Lipinski definition) is 4. The summed E-state index contributed by atoms with van der Waals surface area (Å²) in [6, 6.07) is 1.36. The molecule has 2 fully saturated rings. The Morgan fingerprint density at radius 1 is 1.50 bits per heavy atom. The molecular weight excluding hydrogens is 184 g/mol. The van der Waals surface area contributed by atoms with E-state index in [9.17, 15) is 9.59 Å². The van der Waals surface area contributed by atoms with Crippen molar-refractivity contribution < 1.29 is 9.59 Å². The smallest absolute Gasteiger partial charge is 0.249 e. The molecule has 14 heavy (non-hydrogen) atoms. The molecule has 3 N–H and O–H groups in total. The SMILES string of the molecule is N#CC1NCCC12NC(=O)CNC2=O. The lowest BCUT2D eigenvalue weighted by molar-refractivity contribution is -0.138. The summed E-state index contributed by atoms with van der Waals surface area (Å²) in [5.74, 6) is -0.512. The van der Waals surface area contributed by atoms with Gasteiger partial charge in [-0.25, -0.2) is 0 Å². The largest absolute Gasteiger partial charge is 0.345 e. The Bertz CT molecular complexity index is 335.